The topological polar surface area (TPSA) is 56.5 Å². The third-order valence-corrected chi connectivity index (χ3v) is 2.92. The fraction of sp³-hybridized carbons (Fsp3) is 0.538. The summed E-state index contributed by atoms with van der Waals surface area (Å²) in [6, 6.07) is 4.34. The number of ether oxygens (including phenoxy) is 2. The van der Waals surface area contributed by atoms with Gasteiger partial charge in [-0.2, -0.15) is 0 Å². The number of aryl methyl sites for hydroxylation is 1. The minimum atomic E-state index is 0.250. The molecule has 1 unspecified atom stereocenters. The van der Waals surface area contributed by atoms with Gasteiger partial charge in [0.25, 0.3) is 0 Å². The van der Waals surface area contributed by atoms with E-state index in [1.165, 1.54) is 11.1 Å². The van der Waals surface area contributed by atoms with Gasteiger partial charge in [-0.1, -0.05) is 0 Å². The predicted molar refractivity (Wildman–Crippen MR) is 67.3 cm³/mol. The minimum Gasteiger partial charge on any atom is -0.454 e. The van der Waals surface area contributed by atoms with Gasteiger partial charge in [0.1, 0.15) is 0 Å². The molecular weight excluding hydrogens is 216 g/mol. The third-order valence-electron chi connectivity index (χ3n) is 2.92. The highest BCUT2D eigenvalue weighted by Gasteiger charge is 2.15. The highest BCUT2D eigenvalue weighted by molar-refractivity contribution is 5.48. The van der Waals surface area contributed by atoms with E-state index in [4.69, 9.17) is 15.2 Å². The van der Waals surface area contributed by atoms with Crippen LogP contribution in [0.4, 0.5) is 0 Å². The monoisotopic (exact) mass is 236 g/mol. The van der Waals surface area contributed by atoms with Gasteiger partial charge in [0.15, 0.2) is 11.5 Å². The maximum Gasteiger partial charge on any atom is 0.231 e. The highest BCUT2D eigenvalue weighted by atomic mass is 16.7. The van der Waals surface area contributed by atoms with Crippen LogP contribution < -0.4 is 20.5 Å². The van der Waals surface area contributed by atoms with Gasteiger partial charge in [0.2, 0.25) is 6.79 Å². The number of fused-ring (bicyclic) bond motifs is 1. The van der Waals surface area contributed by atoms with E-state index in [0.717, 1.165) is 31.0 Å². The van der Waals surface area contributed by atoms with Crippen LogP contribution in [0.25, 0.3) is 0 Å². The van der Waals surface area contributed by atoms with Crippen molar-refractivity contribution >= 4 is 0 Å². The highest BCUT2D eigenvalue weighted by Crippen LogP contribution is 2.34. The summed E-state index contributed by atoms with van der Waals surface area (Å²) in [7, 11) is 0. The Bertz CT molecular complexity index is 391. The molecule has 0 spiro atoms. The zero-order valence-electron chi connectivity index (χ0n) is 10.5. The number of nitrogens with two attached hydrogens (primary N) is 1. The first kappa shape index (κ1) is 12.2. The molecule has 1 atom stereocenters. The van der Waals surface area contributed by atoms with Crippen molar-refractivity contribution in [3.63, 3.8) is 0 Å². The van der Waals surface area contributed by atoms with Gasteiger partial charge >= 0.3 is 0 Å². The van der Waals surface area contributed by atoms with Crippen LogP contribution in [0.3, 0.4) is 0 Å². The van der Waals surface area contributed by atoms with Gasteiger partial charge < -0.3 is 20.5 Å². The normalized spacial score (nSPS) is 15.0. The largest absolute Gasteiger partial charge is 0.454 e. The molecule has 0 saturated heterocycles. The molecule has 1 heterocycles. The summed E-state index contributed by atoms with van der Waals surface area (Å²) in [6.45, 7) is 6.22. The summed E-state index contributed by atoms with van der Waals surface area (Å²) >= 11 is 0. The average Bonchev–Trinajstić information content (AvgIpc) is 2.71. The van der Waals surface area contributed by atoms with E-state index in [1.54, 1.807) is 0 Å². The summed E-state index contributed by atoms with van der Waals surface area (Å²) in [4.78, 5) is 0. The lowest BCUT2D eigenvalue weighted by atomic mass is 10.1. The number of rotatable bonds is 5. The van der Waals surface area contributed by atoms with E-state index in [-0.39, 0.29) is 6.04 Å². The fourth-order valence-electron chi connectivity index (χ4n) is 1.83. The van der Waals surface area contributed by atoms with Crippen molar-refractivity contribution in [1.29, 1.82) is 0 Å². The molecule has 1 aromatic rings. The lowest BCUT2D eigenvalue weighted by Gasteiger charge is -2.10. The maximum atomic E-state index is 5.70. The van der Waals surface area contributed by atoms with E-state index in [2.05, 4.69) is 18.3 Å². The molecule has 0 bridgehead atoms. The summed E-state index contributed by atoms with van der Waals surface area (Å²) in [5.41, 5.74) is 8.17. The predicted octanol–water partition coefficient (Wildman–Crippen LogP) is 1.55. The summed E-state index contributed by atoms with van der Waals surface area (Å²) in [5.74, 6) is 1.70. The van der Waals surface area contributed by atoms with Crippen LogP contribution in [-0.4, -0.2) is 19.4 Å². The minimum absolute atomic E-state index is 0.250. The van der Waals surface area contributed by atoms with Crippen LogP contribution in [-0.2, 0) is 6.54 Å². The Hall–Kier alpha value is -1.26. The first-order valence-electron chi connectivity index (χ1n) is 6.02. The number of hydrogen-bond acceptors (Lipinski definition) is 4. The smallest absolute Gasteiger partial charge is 0.231 e. The quantitative estimate of drug-likeness (QED) is 0.762. The van der Waals surface area contributed by atoms with Gasteiger partial charge in [0.05, 0.1) is 0 Å². The molecule has 4 nitrogen and oxygen atoms in total. The molecular formula is C13H20N2O2. The second-order valence-electron chi connectivity index (χ2n) is 4.57. The van der Waals surface area contributed by atoms with Crippen LogP contribution in [0, 0.1) is 6.92 Å². The Morgan fingerprint density at radius 2 is 2.06 bits per heavy atom. The molecule has 0 radical (unpaired) electrons. The molecule has 0 saturated carbocycles. The van der Waals surface area contributed by atoms with Crippen LogP contribution in [0.15, 0.2) is 12.1 Å². The van der Waals surface area contributed by atoms with Crippen LogP contribution >= 0.6 is 0 Å². The van der Waals surface area contributed by atoms with Crippen molar-refractivity contribution in [3.8, 4) is 11.5 Å². The molecule has 0 fully saturated rings. The zero-order valence-corrected chi connectivity index (χ0v) is 10.5. The second kappa shape index (κ2) is 5.38. The van der Waals surface area contributed by atoms with Crippen molar-refractivity contribution in [3.05, 3.63) is 23.3 Å². The second-order valence-corrected chi connectivity index (χ2v) is 4.57. The summed E-state index contributed by atoms with van der Waals surface area (Å²) < 4.78 is 10.7. The van der Waals surface area contributed by atoms with Crippen LogP contribution in [0.5, 0.6) is 11.5 Å². The van der Waals surface area contributed by atoms with E-state index in [9.17, 15) is 0 Å². The lowest BCUT2D eigenvalue weighted by molar-refractivity contribution is 0.174. The Balaban J connectivity index is 1.92. The van der Waals surface area contributed by atoms with Gasteiger partial charge in [-0.05, 0) is 50.1 Å². The summed E-state index contributed by atoms with van der Waals surface area (Å²) in [5, 5.41) is 3.39. The molecule has 0 aromatic heterocycles. The number of nitrogens with one attached hydrogen (secondary N) is 1. The molecule has 0 aliphatic carbocycles. The van der Waals surface area contributed by atoms with E-state index < -0.39 is 0 Å². The zero-order chi connectivity index (χ0) is 12.3. The van der Waals surface area contributed by atoms with Gasteiger partial charge in [-0.25, -0.2) is 0 Å². The third kappa shape index (κ3) is 3.11. The summed E-state index contributed by atoms with van der Waals surface area (Å²) in [6.07, 6.45) is 0.990. The van der Waals surface area contributed by atoms with E-state index in [0.29, 0.717) is 6.79 Å². The first-order valence-corrected chi connectivity index (χ1v) is 6.02. The Labute approximate surface area is 102 Å². The average molecular weight is 236 g/mol. The molecule has 1 aliphatic heterocycles. The molecule has 17 heavy (non-hydrogen) atoms. The standard InChI is InChI=1S/C13H20N2O2/c1-9-5-12-13(17-8-16-12)6-11(9)7-15-4-3-10(2)14/h5-6,10,15H,3-4,7-8,14H2,1-2H3. The number of hydrogen-bond donors (Lipinski definition) is 2. The molecule has 4 heteroatoms. The Morgan fingerprint density at radius 3 is 2.76 bits per heavy atom. The fourth-order valence-corrected chi connectivity index (χ4v) is 1.83. The van der Waals surface area contributed by atoms with Gasteiger partial charge in [-0.3, -0.25) is 0 Å². The first-order chi connectivity index (χ1) is 8.16. The van der Waals surface area contributed by atoms with Crippen molar-refractivity contribution in [2.24, 2.45) is 5.73 Å². The molecule has 3 N–H and O–H groups in total. The number of benzene rings is 1. The molecule has 0 amide bonds. The Morgan fingerprint density at radius 1 is 1.35 bits per heavy atom. The van der Waals surface area contributed by atoms with Crippen molar-refractivity contribution < 1.29 is 9.47 Å². The molecule has 1 aliphatic rings. The SMILES string of the molecule is Cc1cc2c(cc1CNCCC(C)N)OCO2. The van der Waals surface area contributed by atoms with Crippen LogP contribution in [0.2, 0.25) is 0 Å². The van der Waals surface area contributed by atoms with Gasteiger partial charge in [-0.15, -0.1) is 0 Å². The van der Waals surface area contributed by atoms with Gasteiger partial charge in [0, 0.05) is 12.6 Å². The molecule has 2 rings (SSSR count). The molecule has 1 aromatic carbocycles. The van der Waals surface area contributed by atoms with E-state index in [1.807, 2.05) is 13.0 Å². The molecule has 94 valence electrons. The van der Waals surface area contributed by atoms with Crippen molar-refractivity contribution in [2.75, 3.05) is 13.3 Å². The van der Waals surface area contributed by atoms with E-state index >= 15 is 0 Å². The van der Waals surface area contributed by atoms with Crippen molar-refractivity contribution in [1.82, 2.24) is 5.32 Å². The van der Waals surface area contributed by atoms with Crippen LogP contribution in [0.1, 0.15) is 24.5 Å². The maximum absolute atomic E-state index is 5.70. The van der Waals surface area contributed by atoms with Crippen molar-refractivity contribution in [2.45, 2.75) is 32.9 Å². The lowest BCUT2D eigenvalue weighted by Crippen LogP contribution is -2.23. The Kier molecular flexibility index (Phi) is 3.86.